The number of nitrogens with zero attached hydrogens (tertiary/aromatic N) is 2. The van der Waals surface area contributed by atoms with E-state index < -0.39 is 17.1 Å². The van der Waals surface area contributed by atoms with Crippen molar-refractivity contribution in [1.29, 1.82) is 0 Å². The molecule has 2 heterocycles. The zero-order valence-corrected chi connectivity index (χ0v) is 9.50. The Morgan fingerprint density at radius 2 is 2.25 bits per heavy atom. The second-order valence-electron chi connectivity index (χ2n) is 3.50. The molecule has 0 spiro atoms. The summed E-state index contributed by atoms with van der Waals surface area (Å²) in [7, 11) is 0. The summed E-state index contributed by atoms with van der Waals surface area (Å²) >= 11 is -0.718. The molecule has 2 N–H and O–H groups in total. The average Bonchev–Trinajstić information content (AvgIpc) is 2.30. The Morgan fingerprint density at radius 3 is 2.88 bits per heavy atom. The highest BCUT2D eigenvalue weighted by Crippen LogP contribution is 2.14. The van der Waals surface area contributed by atoms with E-state index in [1.807, 2.05) is 4.90 Å². The first-order valence-electron chi connectivity index (χ1n) is 4.95. The summed E-state index contributed by atoms with van der Waals surface area (Å²) in [4.78, 5) is 17.1. The van der Waals surface area contributed by atoms with Gasteiger partial charge in [0.25, 0.3) is 5.91 Å². The van der Waals surface area contributed by atoms with Gasteiger partial charge in [0.2, 0.25) is 0 Å². The first-order valence-corrected chi connectivity index (χ1v) is 6.44. The lowest BCUT2D eigenvalue weighted by atomic mass is 10.3. The second kappa shape index (κ2) is 4.71. The number of hydrogen-bond donors (Lipinski definition) is 1. The zero-order chi connectivity index (χ0) is 11.5. The van der Waals surface area contributed by atoms with Crippen molar-refractivity contribution in [3.63, 3.8) is 0 Å². The molecule has 1 radical (unpaired) electrons. The number of anilines is 1. The van der Waals surface area contributed by atoms with Gasteiger partial charge in [-0.05, 0) is 12.1 Å². The molecule has 16 heavy (non-hydrogen) atoms. The summed E-state index contributed by atoms with van der Waals surface area (Å²) in [6.07, 6.45) is 0. The summed E-state index contributed by atoms with van der Waals surface area (Å²) < 4.78 is 11.2. The molecule has 1 aliphatic rings. The lowest BCUT2D eigenvalue weighted by Crippen LogP contribution is -2.40. The van der Waals surface area contributed by atoms with Crippen LogP contribution in [0.2, 0.25) is 0 Å². The molecular weight excluding hydrogens is 226 g/mol. The molecule has 0 atom stereocenters. The van der Waals surface area contributed by atoms with Crippen LogP contribution in [0.1, 0.15) is 10.5 Å². The van der Waals surface area contributed by atoms with Gasteiger partial charge in [-0.1, -0.05) is 11.2 Å². The summed E-state index contributed by atoms with van der Waals surface area (Å²) in [5.74, 6) is 1.41. The highest BCUT2D eigenvalue weighted by molar-refractivity contribution is 7.91. The smallest absolute Gasteiger partial charge is 0.268 e. The maximum atomic E-state index is 11.2. The van der Waals surface area contributed by atoms with E-state index in [-0.39, 0.29) is 5.69 Å². The van der Waals surface area contributed by atoms with Crippen molar-refractivity contribution >= 4 is 22.9 Å². The van der Waals surface area contributed by atoms with Crippen molar-refractivity contribution < 1.29 is 9.35 Å². The number of carbonyl (C=O) groups excluding carboxylic acids is 1. The maximum Gasteiger partial charge on any atom is 0.268 e. The van der Waals surface area contributed by atoms with E-state index in [4.69, 9.17) is 5.73 Å². The van der Waals surface area contributed by atoms with Gasteiger partial charge in [0.05, 0.1) is 13.1 Å². The molecule has 1 amide bonds. The van der Waals surface area contributed by atoms with Gasteiger partial charge in [-0.2, -0.15) is 0 Å². The Hall–Kier alpha value is -1.27. The first kappa shape index (κ1) is 11.2. The van der Waals surface area contributed by atoms with E-state index in [9.17, 15) is 9.35 Å². The van der Waals surface area contributed by atoms with Gasteiger partial charge >= 0.3 is 0 Å². The lowest BCUT2D eigenvalue weighted by Gasteiger charge is -2.29. The number of hydrogen-bond acceptors (Lipinski definition) is 4. The molecule has 0 aromatic carbocycles. The fourth-order valence-electron chi connectivity index (χ4n) is 1.55. The molecule has 5 nitrogen and oxygen atoms in total. The second-order valence-corrected chi connectivity index (χ2v) is 5.19. The van der Waals surface area contributed by atoms with Gasteiger partial charge in [-0.3, -0.25) is 4.79 Å². The lowest BCUT2D eigenvalue weighted by molar-refractivity contribution is 0.0995. The number of nitrogens with two attached hydrogens (primary N) is 1. The number of carbonyl (C=O) groups is 1. The van der Waals surface area contributed by atoms with Gasteiger partial charge in [0, 0.05) is 6.07 Å². The van der Waals surface area contributed by atoms with Crippen molar-refractivity contribution in [3.8, 4) is 0 Å². The third-order valence-corrected chi connectivity index (χ3v) is 3.69. The normalized spacial score (nSPS) is 17.4. The molecule has 0 bridgehead atoms. The van der Waals surface area contributed by atoms with E-state index in [1.165, 1.54) is 0 Å². The summed E-state index contributed by atoms with van der Waals surface area (Å²) in [5, 5.41) is 0. The molecule has 0 saturated carbocycles. The minimum absolute atomic E-state index is 0.143. The van der Waals surface area contributed by atoms with Gasteiger partial charge in [0.1, 0.15) is 23.0 Å². The minimum atomic E-state index is -0.718. The first-order chi connectivity index (χ1) is 7.66. The maximum absolute atomic E-state index is 11.2. The molecule has 2 rings (SSSR count). The van der Waals surface area contributed by atoms with E-state index in [2.05, 4.69) is 11.1 Å². The highest BCUT2D eigenvalue weighted by Gasteiger charge is 2.20. The van der Waals surface area contributed by atoms with Crippen LogP contribution in [0.3, 0.4) is 0 Å². The van der Waals surface area contributed by atoms with Gasteiger partial charge in [0.15, 0.2) is 0 Å². The largest absolute Gasteiger partial charge is 0.616 e. The third-order valence-electron chi connectivity index (χ3n) is 2.41. The minimum Gasteiger partial charge on any atom is -0.616 e. The van der Waals surface area contributed by atoms with Crippen LogP contribution in [0, 0.1) is 6.07 Å². The van der Waals surface area contributed by atoms with Crippen LogP contribution < -0.4 is 10.6 Å². The van der Waals surface area contributed by atoms with Crippen molar-refractivity contribution in [2.24, 2.45) is 5.73 Å². The van der Waals surface area contributed by atoms with Crippen LogP contribution in [-0.2, 0) is 11.2 Å². The molecule has 1 saturated heterocycles. The summed E-state index contributed by atoms with van der Waals surface area (Å²) in [6, 6.07) is 6.10. The monoisotopic (exact) mass is 238 g/mol. The SMILES string of the molecule is NC(=O)c1[c]ccc(N2CC[S+]([O-])CC2)n1. The van der Waals surface area contributed by atoms with Gasteiger partial charge in [-0.15, -0.1) is 0 Å². The predicted molar refractivity (Wildman–Crippen MR) is 61.7 cm³/mol. The Morgan fingerprint density at radius 1 is 1.56 bits per heavy atom. The Bertz CT molecular complexity index is 391. The predicted octanol–water partition coefficient (Wildman–Crippen LogP) is -0.451. The van der Waals surface area contributed by atoms with Crippen molar-refractivity contribution in [2.75, 3.05) is 29.5 Å². The molecule has 1 aromatic rings. The Balaban J connectivity index is 2.14. The molecule has 1 fully saturated rings. The third kappa shape index (κ3) is 2.45. The molecule has 85 valence electrons. The number of aromatic nitrogens is 1. The summed E-state index contributed by atoms with van der Waals surface area (Å²) in [5.41, 5.74) is 5.28. The highest BCUT2D eigenvalue weighted by atomic mass is 32.2. The van der Waals surface area contributed by atoms with E-state index in [0.717, 1.165) is 0 Å². The summed E-state index contributed by atoms with van der Waals surface area (Å²) in [6.45, 7) is 1.39. The van der Waals surface area contributed by atoms with Crippen LogP contribution in [0.4, 0.5) is 5.82 Å². The van der Waals surface area contributed by atoms with Gasteiger partial charge < -0.3 is 15.2 Å². The number of pyridine rings is 1. The quantitative estimate of drug-likeness (QED) is 0.707. The van der Waals surface area contributed by atoms with Crippen LogP contribution in [0.25, 0.3) is 0 Å². The van der Waals surface area contributed by atoms with Gasteiger partial charge in [-0.25, -0.2) is 4.98 Å². The molecule has 1 aliphatic heterocycles. The molecule has 1 aromatic heterocycles. The fourth-order valence-corrected chi connectivity index (χ4v) is 2.60. The van der Waals surface area contributed by atoms with Crippen LogP contribution in [0.5, 0.6) is 0 Å². The fraction of sp³-hybridized carbons (Fsp3) is 0.400. The van der Waals surface area contributed by atoms with Crippen LogP contribution in [0.15, 0.2) is 12.1 Å². The van der Waals surface area contributed by atoms with Crippen LogP contribution >= 0.6 is 0 Å². The zero-order valence-electron chi connectivity index (χ0n) is 8.68. The van der Waals surface area contributed by atoms with Crippen molar-refractivity contribution in [2.45, 2.75) is 0 Å². The van der Waals surface area contributed by atoms with Crippen LogP contribution in [-0.4, -0.2) is 40.0 Å². The molecule has 0 aliphatic carbocycles. The topological polar surface area (TPSA) is 82.3 Å². The standard InChI is InChI=1S/C10H12N3O2S/c11-10(14)8-2-1-3-9(12-8)13-4-6-16(15)7-5-13/h1,3H,4-7H2,(H2,11,14). The Kier molecular flexibility index (Phi) is 3.31. The van der Waals surface area contributed by atoms with Crippen molar-refractivity contribution in [3.05, 3.63) is 23.9 Å². The number of amides is 1. The van der Waals surface area contributed by atoms with Crippen molar-refractivity contribution in [1.82, 2.24) is 4.98 Å². The molecule has 6 heteroatoms. The number of rotatable bonds is 2. The van der Waals surface area contributed by atoms with E-state index in [1.54, 1.807) is 12.1 Å². The molecular formula is C10H12N3O2S. The molecule has 0 unspecified atom stereocenters. The Labute approximate surface area is 96.8 Å². The number of primary amides is 1. The average molecular weight is 238 g/mol. The van der Waals surface area contributed by atoms with E-state index >= 15 is 0 Å². The van der Waals surface area contributed by atoms with E-state index in [0.29, 0.717) is 30.4 Å².